The van der Waals surface area contributed by atoms with E-state index >= 15 is 0 Å². The van der Waals surface area contributed by atoms with E-state index in [9.17, 15) is 4.39 Å². The highest BCUT2D eigenvalue weighted by Crippen LogP contribution is 2.86. The van der Waals surface area contributed by atoms with Crippen molar-refractivity contribution >= 4 is 5.96 Å². The molecule has 1 heterocycles. The van der Waals surface area contributed by atoms with Crippen molar-refractivity contribution in [3.05, 3.63) is 58.9 Å². The van der Waals surface area contributed by atoms with Crippen LogP contribution in [-0.4, -0.2) is 36.7 Å². The Balaban J connectivity index is 1.55. The van der Waals surface area contributed by atoms with E-state index in [1.165, 1.54) is 17.2 Å². The van der Waals surface area contributed by atoms with Crippen molar-refractivity contribution in [2.24, 2.45) is 16.1 Å². The summed E-state index contributed by atoms with van der Waals surface area (Å²) in [5.41, 5.74) is 11.8. The van der Waals surface area contributed by atoms with Gasteiger partial charge in [-0.3, -0.25) is 0 Å². The van der Waals surface area contributed by atoms with E-state index in [0.29, 0.717) is 5.96 Å². The molecule has 4 atom stereocenters. The van der Waals surface area contributed by atoms with Crippen LogP contribution in [0, 0.1) is 18.2 Å². The molecule has 0 radical (unpaired) electrons. The van der Waals surface area contributed by atoms with Gasteiger partial charge in [0.05, 0.1) is 11.6 Å². The van der Waals surface area contributed by atoms with Gasteiger partial charge < -0.3 is 15.4 Å². The molecule has 6 rings (SSSR count). The molecule has 3 aliphatic carbocycles. The monoisotopic (exact) mass is 391 g/mol. The number of benzene rings is 2. The fourth-order valence-corrected chi connectivity index (χ4v) is 7.21. The largest absolute Gasteiger partial charge is 0.381 e. The number of methoxy groups -OCH3 is 1. The van der Waals surface area contributed by atoms with E-state index in [1.54, 1.807) is 6.07 Å². The highest BCUT2D eigenvalue weighted by Gasteiger charge is 2.94. The molecule has 2 aromatic carbocycles. The molecular formula is C24H26FN3O. The Hall–Kier alpha value is -2.40. The van der Waals surface area contributed by atoms with Crippen LogP contribution in [-0.2, 0) is 16.7 Å². The van der Waals surface area contributed by atoms with Crippen molar-refractivity contribution in [2.45, 2.75) is 49.8 Å². The zero-order valence-electron chi connectivity index (χ0n) is 17.1. The predicted octanol–water partition coefficient (Wildman–Crippen LogP) is 3.75. The van der Waals surface area contributed by atoms with Gasteiger partial charge in [-0.2, -0.15) is 0 Å². The second-order valence-electron chi connectivity index (χ2n) is 9.29. The third-order valence-corrected chi connectivity index (χ3v) is 8.47. The molecular weight excluding hydrogens is 365 g/mol. The molecule has 2 aromatic rings. The Morgan fingerprint density at radius 1 is 1.24 bits per heavy atom. The van der Waals surface area contributed by atoms with Crippen LogP contribution >= 0.6 is 0 Å². The molecule has 2 fully saturated rings. The number of halogens is 1. The van der Waals surface area contributed by atoms with E-state index in [-0.39, 0.29) is 28.4 Å². The molecule has 0 aromatic heterocycles. The molecule has 150 valence electrons. The first-order chi connectivity index (χ1) is 13.9. The lowest BCUT2D eigenvalue weighted by molar-refractivity contribution is 0.0235. The number of fused-ring (bicyclic) bond motifs is 1. The van der Waals surface area contributed by atoms with Gasteiger partial charge in [-0.05, 0) is 72.2 Å². The standard InChI is InChI=1S/C24H26FN3O/c1-14-4-7-17(25)11-19(14)15-5-6-16-12-22-9-8-18(29-3)13-23(22)24(22,20(16)10-15)27-21(26)28(23)2/h4-7,10-11,18H,8-9,12-13H2,1-3H3,(H2,26,27). The minimum atomic E-state index is -0.293. The molecule has 2 saturated carbocycles. The molecule has 0 saturated heterocycles. The van der Waals surface area contributed by atoms with Crippen molar-refractivity contribution in [3.8, 4) is 11.1 Å². The molecule has 0 bridgehead atoms. The lowest BCUT2D eigenvalue weighted by atomic mass is 9.78. The highest BCUT2D eigenvalue weighted by molar-refractivity contribution is 5.88. The van der Waals surface area contributed by atoms with Gasteiger partial charge in [0, 0.05) is 26.0 Å². The molecule has 1 aliphatic heterocycles. The first-order valence-electron chi connectivity index (χ1n) is 10.4. The maximum Gasteiger partial charge on any atom is 0.192 e. The number of hydrogen-bond donors (Lipinski definition) is 1. The van der Waals surface area contributed by atoms with E-state index in [4.69, 9.17) is 15.5 Å². The Morgan fingerprint density at radius 2 is 2.07 bits per heavy atom. The van der Waals surface area contributed by atoms with Crippen molar-refractivity contribution < 1.29 is 9.13 Å². The molecule has 3 spiro atoms. The Morgan fingerprint density at radius 3 is 2.86 bits per heavy atom. The van der Waals surface area contributed by atoms with Gasteiger partial charge in [-0.15, -0.1) is 0 Å². The number of nitrogens with two attached hydrogens (primary N) is 1. The van der Waals surface area contributed by atoms with Crippen LogP contribution in [0.25, 0.3) is 11.1 Å². The Labute approximate surface area is 170 Å². The highest BCUT2D eigenvalue weighted by atomic mass is 19.1. The van der Waals surface area contributed by atoms with Gasteiger partial charge in [-0.1, -0.05) is 18.2 Å². The fourth-order valence-electron chi connectivity index (χ4n) is 7.21. The second-order valence-corrected chi connectivity index (χ2v) is 9.29. The van der Waals surface area contributed by atoms with Crippen LogP contribution < -0.4 is 5.73 Å². The lowest BCUT2D eigenvalue weighted by Gasteiger charge is -2.39. The zero-order chi connectivity index (χ0) is 20.2. The predicted molar refractivity (Wildman–Crippen MR) is 111 cm³/mol. The fraction of sp³-hybridized carbons (Fsp3) is 0.458. The van der Waals surface area contributed by atoms with Gasteiger partial charge in [-0.25, -0.2) is 9.38 Å². The number of hydrogen-bond acceptors (Lipinski definition) is 4. The summed E-state index contributed by atoms with van der Waals surface area (Å²) in [6.07, 6.45) is 4.38. The van der Waals surface area contributed by atoms with Gasteiger partial charge in [0.2, 0.25) is 0 Å². The molecule has 29 heavy (non-hydrogen) atoms. The molecule has 4 unspecified atom stereocenters. The van der Waals surface area contributed by atoms with E-state index in [1.807, 2.05) is 20.1 Å². The molecule has 2 N–H and O–H groups in total. The van der Waals surface area contributed by atoms with Crippen molar-refractivity contribution in [1.82, 2.24) is 4.90 Å². The average Bonchev–Trinajstić information content (AvgIpc) is 2.95. The normalized spacial score (nSPS) is 36.2. The summed E-state index contributed by atoms with van der Waals surface area (Å²) in [6, 6.07) is 11.6. The smallest absolute Gasteiger partial charge is 0.192 e. The minimum Gasteiger partial charge on any atom is -0.381 e. The summed E-state index contributed by atoms with van der Waals surface area (Å²) in [7, 11) is 3.90. The number of likely N-dealkylation sites (N-methyl/N-ethyl adjacent to an activating group) is 1. The third kappa shape index (κ3) is 1.70. The van der Waals surface area contributed by atoms with E-state index in [2.05, 4.69) is 30.1 Å². The quantitative estimate of drug-likeness (QED) is 0.848. The third-order valence-electron chi connectivity index (χ3n) is 8.47. The molecule has 0 amide bonds. The molecule has 4 nitrogen and oxygen atoms in total. The van der Waals surface area contributed by atoms with Crippen LogP contribution in [0.15, 0.2) is 41.4 Å². The Bertz CT molecular complexity index is 1100. The van der Waals surface area contributed by atoms with Gasteiger partial charge >= 0.3 is 0 Å². The van der Waals surface area contributed by atoms with Crippen LogP contribution in [0.3, 0.4) is 0 Å². The van der Waals surface area contributed by atoms with E-state index < -0.39 is 0 Å². The number of rotatable bonds is 2. The summed E-state index contributed by atoms with van der Waals surface area (Å²) in [5, 5.41) is 0. The number of aryl methyl sites for hydroxylation is 1. The molecule has 5 heteroatoms. The first kappa shape index (κ1) is 17.5. The van der Waals surface area contributed by atoms with Crippen LogP contribution in [0.5, 0.6) is 0 Å². The van der Waals surface area contributed by atoms with Crippen molar-refractivity contribution in [2.75, 3.05) is 14.2 Å². The molecule has 4 aliphatic rings. The van der Waals surface area contributed by atoms with Crippen LogP contribution in [0.1, 0.15) is 36.0 Å². The zero-order valence-corrected chi connectivity index (χ0v) is 17.1. The summed E-state index contributed by atoms with van der Waals surface area (Å²) >= 11 is 0. The van der Waals surface area contributed by atoms with Gasteiger partial charge in [0.1, 0.15) is 11.4 Å². The topological polar surface area (TPSA) is 50.9 Å². The van der Waals surface area contributed by atoms with Gasteiger partial charge in [0.25, 0.3) is 0 Å². The van der Waals surface area contributed by atoms with Crippen molar-refractivity contribution in [3.63, 3.8) is 0 Å². The first-order valence-corrected chi connectivity index (χ1v) is 10.4. The summed E-state index contributed by atoms with van der Waals surface area (Å²) in [5.74, 6) is 0.417. The summed E-state index contributed by atoms with van der Waals surface area (Å²) < 4.78 is 19.8. The number of guanidine groups is 1. The second kappa shape index (κ2) is 5.20. The maximum atomic E-state index is 14.0. The van der Waals surface area contributed by atoms with Crippen LogP contribution in [0.2, 0.25) is 0 Å². The number of aliphatic imine (C=N–C) groups is 1. The maximum absolute atomic E-state index is 14.0. The minimum absolute atomic E-state index is 0.0917. The van der Waals surface area contributed by atoms with E-state index in [0.717, 1.165) is 42.4 Å². The number of ether oxygens (including phenoxy) is 1. The van der Waals surface area contributed by atoms with Gasteiger partial charge in [0.15, 0.2) is 5.96 Å². The lowest BCUT2D eigenvalue weighted by Crippen LogP contribution is -2.50. The number of nitrogens with zero attached hydrogens (tertiary/aromatic N) is 2. The average molecular weight is 391 g/mol. The summed E-state index contributed by atoms with van der Waals surface area (Å²) in [6.45, 7) is 2.03. The summed E-state index contributed by atoms with van der Waals surface area (Å²) in [4.78, 5) is 7.36. The van der Waals surface area contributed by atoms with Crippen molar-refractivity contribution in [1.29, 1.82) is 0 Å². The SMILES string of the molecule is COC1CCC23Cc4ccc(-c5cc(F)ccc5C)cc4C24N=C(N)N(C)C34C1. The Kier molecular flexibility index (Phi) is 3.13. The van der Waals surface area contributed by atoms with Crippen LogP contribution in [0.4, 0.5) is 4.39 Å².